The molecule has 1 aromatic carbocycles. The highest BCUT2D eigenvalue weighted by atomic mass is 15.0. The third-order valence-corrected chi connectivity index (χ3v) is 5.10. The predicted molar refractivity (Wildman–Crippen MR) is 83.6 cm³/mol. The average molecular weight is 259 g/mol. The monoisotopic (exact) mass is 259 g/mol. The van der Waals surface area contributed by atoms with Crippen molar-refractivity contribution in [3.8, 4) is 0 Å². The molecule has 19 heavy (non-hydrogen) atoms. The lowest BCUT2D eigenvalue weighted by molar-refractivity contribution is 0.346. The van der Waals surface area contributed by atoms with Crippen LogP contribution in [0.15, 0.2) is 12.1 Å². The summed E-state index contributed by atoms with van der Waals surface area (Å²) in [7, 11) is 0. The van der Waals surface area contributed by atoms with E-state index in [0.29, 0.717) is 12.1 Å². The van der Waals surface area contributed by atoms with Gasteiger partial charge in [0.05, 0.1) is 0 Å². The zero-order chi connectivity index (χ0) is 14.2. The number of hydrogen-bond acceptors (Lipinski definition) is 1. The minimum absolute atomic E-state index is 0.457. The van der Waals surface area contributed by atoms with Gasteiger partial charge in [0, 0.05) is 12.1 Å². The van der Waals surface area contributed by atoms with E-state index >= 15 is 0 Å². The van der Waals surface area contributed by atoms with Crippen LogP contribution >= 0.6 is 0 Å². The van der Waals surface area contributed by atoms with Gasteiger partial charge in [-0.2, -0.15) is 0 Å². The molecule has 1 saturated carbocycles. The molecule has 4 unspecified atom stereocenters. The molecule has 1 N–H and O–H groups in total. The van der Waals surface area contributed by atoms with Crippen LogP contribution in [-0.2, 0) is 0 Å². The molecule has 1 aromatic rings. The fraction of sp³-hybridized carbons (Fsp3) is 0.667. The molecule has 0 saturated heterocycles. The lowest BCUT2D eigenvalue weighted by Gasteiger charge is -2.27. The Morgan fingerprint density at radius 3 is 2.11 bits per heavy atom. The van der Waals surface area contributed by atoms with Crippen molar-refractivity contribution in [3.05, 3.63) is 34.4 Å². The summed E-state index contributed by atoms with van der Waals surface area (Å²) in [5, 5.41) is 3.88. The van der Waals surface area contributed by atoms with Crippen molar-refractivity contribution in [1.82, 2.24) is 5.32 Å². The van der Waals surface area contributed by atoms with Crippen LogP contribution in [0.25, 0.3) is 0 Å². The highest BCUT2D eigenvalue weighted by molar-refractivity contribution is 5.39. The van der Waals surface area contributed by atoms with Gasteiger partial charge in [-0.3, -0.25) is 0 Å². The molecule has 1 nitrogen and oxygen atoms in total. The van der Waals surface area contributed by atoms with Gasteiger partial charge >= 0.3 is 0 Å². The second kappa shape index (κ2) is 5.66. The molecule has 4 atom stereocenters. The smallest absolute Gasteiger partial charge is 0.0299 e. The Hall–Kier alpha value is -0.820. The van der Waals surface area contributed by atoms with Gasteiger partial charge in [0.15, 0.2) is 0 Å². The van der Waals surface area contributed by atoms with Crippen LogP contribution < -0.4 is 5.32 Å². The first-order chi connectivity index (χ1) is 8.90. The summed E-state index contributed by atoms with van der Waals surface area (Å²) in [6.07, 6.45) is 2.70. The summed E-state index contributed by atoms with van der Waals surface area (Å²) < 4.78 is 0. The van der Waals surface area contributed by atoms with Crippen molar-refractivity contribution in [3.63, 3.8) is 0 Å². The molecule has 0 spiro atoms. The Bertz CT molecular complexity index is 426. The van der Waals surface area contributed by atoms with Gasteiger partial charge in [0.2, 0.25) is 0 Å². The Kier molecular flexibility index (Phi) is 4.35. The summed E-state index contributed by atoms with van der Waals surface area (Å²) in [5.74, 6) is 1.67. The molecule has 1 fully saturated rings. The number of rotatable bonds is 3. The fourth-order valence-electron chi connectivity index (χ4n) is 3.88. The fourth-order valence-corrected chi connectivity index (χ4v) is 3.88. The van der Waals surface area contributed by atoms with Crippen LogP contribution in [0.1, 0.15) is 61.9 Å². The molecule has 2 rings (SSSR count). The molecule has 0 amide bonds. The lowest BCUT2D eigenvalue weighted by atomic mass is 9.92. The molecular weight excluding hydrogens is 230 g/mol. The summed E-state index contributed by atoms with van der Waals surface area (Å²) in [4.78, 5) is 0. The van der Waals surface area contributed by atoms with Gasteiger partial charge in [-0.15, -0.1) is 0 Å². The van der Waals surface area contributed by atoms with E-state index in [4.69, 9.17) is 0 Å². The maximum Gasteiger partial charge on any atom is 0.0299 e. The molecule has 0 bridgehead atoms. The van der Waals surface area contributed by atoms with E-state index in [1.54, 1.807) is 0 Å². The highest BCUT2D eigenvalue weighted by Crippen LogP contribution is 2.33. The van der Waals surface area contributed by atoms with E-state index in [9.17, 15) is 0 Å². The number of hydrogen-bond donors (Lipinski definition) is 1. The van der Waals surface area contributed by atoms with Gasteiger partial charge in [0.25, 0.3) is 0 Å². The van der Waals surface area contributed by atoms with E-state index in [1.165, 1.54) is 35.1 Å². The first-order valence-corrected chi connectivity index (χ1v) is 7.74. The molecule has 0 heterocycles. The van der Waals surface area contributed by atoms with Crippen molar-refractivity contribution in [2.24, 2.45) is 11.8 Å². The van der Waals surface area contributed by atoms with E-state index in [2.05, 4.69) is 59.0 Å². The molecule has 0 aliphatic heterocycles. The van der Waals surface area contributed by atoms with Crippen LogP contribution in [0.5, 0.6) is 0 Å². The largest absolute Gasteiger partial charge is 0.307 e. The predicted octanol–water partition coefficient (Wildman–Crippen LogP) is 4.70. The topological polar surface area (TPSA) is 12.0 Å². The molecular formula is C18H29N. The first kappa shape index (κ1) is 14.6. The van der Waals surface area contributed by atoms with Crippen LogP contribution in [-0.4, -0.2) is 6.04 Å². The van der Waals surface area contributed by atoms with Crippen LogP contribution in [0, 0.1) is 32.6 Å². The van der Waals surface area contributed by atoms with Crippen molar-refractivity contribution in [1.29, 1.82) is 0 Å². The van der Waals surface area contributed by atoms with E-state index in [-0.39, 0.29) is 0 Å². The molecule has 1 aliphatic carbocycles. The van der Waals surface area contributed by atoms with Gasteiger partial charge in [-0.1, -0.05) is 31.5 Å². The van der Waals surface area contributed by atoms with Gasteiger partial charge in [0.1, 0.15) is 0 Å². The zero-order valence-corrected chi connectivity index (χ0v) is 13.4. The SMILES string of the molecule is Cc1cc(C)c(C(C)NC2CCC(C)C2C)c(C)c1. The van der Waals surface area contributed by atoms with Gasteiger partial charge < -0.3 is 5.32 Å². The van der Waals surface area contributed by atoms with Crippen molar-refractivity contribution in [2.45, 2.75) is 66.5 Å². The normalized spacial score (nSPS) is 28.6. The summed E-state index contributed by atoms with van der Waals surface area (Å²) in [5.41, 5.74) is 5.72. The summed E-state index contributed by atoms with van der Waals surface area (Å²) in [6.45, 7) is 13.8. The van der Waals surface area contributed by atoms with E-state index < -0.39 is 0 Å². The molecule has 0 aromatic heterocycles. The Labute approximate surface area is 118 Å². The quantitative estimate of drug-likeness (QED) is 0.830. The molecule has 0 radical (unpaired) electrons. The zero-order valence-electron chi connectivity index (χ0n) is 13.4. The second-order valence-corrected chi connectivity index (χ2v) is 6.72. The Balaban J connectivity index is 2.14. The van der Waals surface area contributed by atoms with Crippen molar-refractivity contribution in [2.75, 3.05) is 0 Å². The van der Waals surface area contributed by atoms with Crippen LogP contribution in [0.3, 0.4) is 0 Å². The standard InChI is InChI=1S/C18H29N/c1-11-9-13(3)18(14(4)10-11)16(6)19-17-8-7-12(2)15(17)5/h9-10,12,15-17,19H,7-8H2,1-6H3. The number of nitrogens with one attached hydrogen (secondary N) is 1. The van der Waals surface area contributed by atoms with Crippen molar-refractivity contribution >= 4 is 0 Å². The first-order valence-electron chi connectivity index (χ1n) is 7.74. The minimum atomic E-state index is 0.457. The summed E-state index contributed by atoms with van der Waals surface area (Å²) >= 11 is 0. The lowest BCUT2D eigenvalue weighted by Crippen LogP contribution is -2.35. The average Bonchev–Trinajstić information content (AvgIpc) is 2.59. The van der Waals surface area contributed by atoms with E-state index in [0.717, 1.165) is 11.8 Å². The number of benzene rings is 1. The van der Waals surface area contributed by atoms with Crippen LogP contribution in [0.4, 0.5) is 0 Å². The minimum Gasteiger partial charge on any atom is -0.307 e. The third kappa shape index (κ3) is 3.02. The molecule has 1 heteroatoms. The summed E-state index contributed by atoms with van der Waals surface area (Å²) in [6, 6.07) is 5.76. The van der Waals surface area contributed by atoms with Crippen LogP contribution in [0.2, 0.25) is 0 Å². The highest BCUT2D eigenvalue weighted by Gasteiger charge is 2.30. The Morgan fingerprint density at radius 1 is 1.05 bits per heavy atom. The van der Waals surface area contributed by atoms with Crippen molar-refractivity contribution < 1.29 is 0 Å². The van der Waals surface area contributed by atoms with Gasteiger partial charge in [-0.05, 0) is 69.1 Å². The van der Waals surface area contributed by atoms with E-state index in [1.807, 2.05) is 0 Å². The number of aryl methyl sites for hydroxylation is 3. The third-order valence-electron chi connectivity index (χ3n) is 5.10. The second-order valence-electron chi connectivity index (χ2n) is 6.72. The van der Waals surface area contributed by atoms with Gasteiger partial charge in [-0.25, -0.2) is 0 Å². The molecule has 1 aliphatic rings. The maximum absolute atomic E-state index is 3.88. The maximum atomic E-state index is 3.88. The Morgan fingerprint density at radius 2 is 1.63 bits per heavy atom. The molecule has 106 valence electrons.